The van der Waals surface area contributed by atoms with Gasteiger partial charge in [0, 0.05) is 12.5 Å². The Balaban J connectivity index is 2.81. The lowest BCUT2D eigenvalue weighted by atomic mass is 10.2. The molecule has 0 spiro atoms. The van der Waals surface area contributed by atoms with Crippen LogP contribution >= 0.6 is 11.3 Å². The zero-order chi connectivity index (χ0) is 10.7. The molecule has 1 aromatic rings. The van der Waals surface area contributed by atoms with Gasteiger partial charge in [-0.2, -0.15) is 0 Å². The maximum absolute atomic E-state index is 10.7. The molecule has 78 valence electrons. The summed E-state index contributed by atoms with van der Waals surface area (Å²) >= 11 is 1.22. The van der Waals surface area contributed by atoms with E-state index in [1.807, 2.05) is 6.92 Å². The average Bonchev–Trinajstić information content (AvgIpc) is 2.46. The summed E-state index contributed by atoms with van der Waals surface area (Å²) < 4.78 is 0. The lowest BCUT2D eigenvalue weighted by Gasteiger charge is -2.03. The summed E-state index contributed by atoms with van der Waals surface area (Å²) in [4.78, 5) is 15.2. The quantitative estimate of drug-likeness (QED) is 0.795. The van der Waals surface area contributed by atoms with Gasteiger partial charge in [0.2, 0.25) is 0 Å². The fourth-order valence-electron chi connectivity index (χ4n) is 1.11. The SMILES string of the molecule is CCC(N)Cc1nc(C)c(C(=O)O)s1. The van der Waals surface area contributed by atoms with E-state index in [1.165, 1.54) is 11.3 Å². The molecular formula is C9H14N2O2S. The summed E-state index contributed by atoms with van der Waals surface area (Å²) in [7, 11) is 0. The number of aromatic carboxylic acids is 1. The molecule has 0 saturated carbocycles. The first kappa shape index (κ1) is 11.1. The molecule has 1 unspecified atom stereocenters. The predicted octanol–water partition coefficient (Wildman–Crippen LogP) is 1.43. The number of aryl methyl sites for hydroxylation is 1. The zero-order valence-electron chi connectivity index (χ0n) is 8.28. The molecule has 1 aromatic heterocycles. The van der Waals surface area contributed by atoms with Gasteiger partial charge in [-0.25, -0.2) is 9.78 Å². The number of nitrogens with two attached hydrogens (primary N) is 1. The molecule has 3 N–H and O–H groups in total. The van der Waals surface area contributed by atoms with Crippen LogP contribution in [-0.2, 0) is 6.42 Å². The monoisotopic (exact) mass is 214 g/mol. The number of carboxylic acids is 1. The maximum Gasteiger partial charge on any atom is 0.347 e. The number of carboxylic acid groups (broad SMARTS) is 1. The van der Waals surface area contributed by atoms with E-state index < -0.39 is 5.97 Å². The van der Waals surface area contributed by atoms with Crippen LogP contribution in [0.5, 0.6) is 0 Å². The Morgan fingerprint density at radius 3 is 2.79 bits per heavy atom. The van der Waals surface area contributed by atoms with Crippen LogP contribution < -0.4 is 5.73 Å². The molecule has 0 aliphatic heterocycles. The molecule has 0 amide bonds. The second kappa shape index (κ2) is 4.52. The maximum atomic E-state index is 10.7. The third-order valence-corrected chi connectivity index (χ3v) is 3.16. The Morgan fingerprint density at radius 2 is 2.36 bits per heavy atom. The molecule has 0 bridgehead atoms. The molecule has 5 heteroatoms. The number of aromatic nitrogens is 1. The lowest BCUT2D eigenvalue weighted by molar-refractivity contribution is 0.0701. The first-order valence-electron chi connectivity index (χ1n) is 4.49. The fraction of sp³-hybridized carbons (Fsp3) is 0.556. The first-order chi connectivity index (χ1) is 6.54. The topological polar surface area (TPSA) is 76.2 Å². The molecule has 14 heavy (non-hydrogen) atoms. The molecule has 0 saturated heterocycles. The van der Waals surface area contributed by atoms with Crippen LogP contribution in [0.3, 0.4) is 0 Å². The summed E-state index contributed by atoms with van der Waals surface area (Å²) in [6.07, 6.45) is 1.54. The smallest absolute Gasteiger partial charge is 0.347 e. The van der Waals surface area contributed by atoms with E-state index in [9.17, 15) is 4.79 Å². The Labute approximate surface area is 86.8 Å². The Kier molecular flexibility index (Phi) is 3.60. The number of nitrogens with zero attached hydrogens (tertiary/aromatic N) is 1. The summed E-state index contributed by atoms with van der Waals surface area (Å²) in [5.74, 6) is -0.906. The molecule has 4 nitrogen and oxygen atoms in total. The minimum Gasteiger partial charge on any atom is -0.477 e. The van der Waals surface area contributed by atoms with E-state index in [2.05, 4.69) is 4.98 Å². The van der Waals surface area contributed by atoms with Gasteiger partial charge in [-0.1, -0.05) is 6.92 Å². The Bertz CT molecular complexity index is 336. The Hall–Kier alpha value is -0.940. The molecule has 0 radical (unpaired) electrons. The lowest BCUT2D eigenvalue weighted by Crippen LogP contribution is -2.21. The number of hydrogen-bond donors (Lipinski definition) is 2. The van der Waals surface area contributed by atoms with E-state index in [1.54, 1.807) is 6.92 Å². The summed E-state index contributed by atoms with van der Waals surface area (Å²) in [5.41, 5.74) is 6.34. The fourth-order valence-corrected chi connectivity index (χ4v) is 2.10. The van der Waals surface area contributed by atoms with Crippen molar-refractivity contribution in [2.24, 2.45) is 5.73 Å². The van der Waals surface area contributed by atoms with Crippen LogP contribution in [0.4, 0.5) is 0 Å². The number of carbonyl (C=O) groups is 1. The molecule has 1 heterocycles. The first-order valence-corrected chi connectivity index (χ1v) is 5.31. The molecule has 0 fully saturated rings. The largest absolute Gasteiger partial charge is 0.477 e. The van der Waals surface area contributed by atoms with Gasteiger partial charge in [0.25, 0.3) is 0 Å². The van der Waals surface area contributed by atoms with Crippen molar-refractivity contribution in [1.29, 1.82) is 0 Å². The van der Waals surface area contributed by atoms with Gasteiger partial charge in [0.05, 0.1) is 10.7 Å². The molecule has 0 aliphatic rings. The Morgan fingerprint density at radius 1 is 1.71 bits per heavy atom. The van der Waals surface area contributed by atoms with Gasteiger partial charge in [-0.05, 0) is 13.3 Å². The highest BCUT2D eigenvalue weighted by molar-refractivity contribution is 7.13. The highest BCUT2D eigenvalue weighted by Gasteiger charge is 2.14. The van der Waals surface area contributed by atoms with Crippen molar-refractivity contribution in [3.05, 3.63) is 15.6 Å². The van der Waals surface area contributed by atoms with Crippen molar-refractivity contribution >= 4 is 17.3 Å². The average molecular weight is 214 g/mol. The highest BCUT2D eigenvalue weighted by atomic mass is 32.1. The van der Waals surface area contributed by atoms with E-state index in [0.717, 1.165) is 11.4 Å². The summed E-state index contributed by atoms with van der Waals surface area (Å²) in [6, 6.07) is 0.0715. The molecule has 1 atom stereocenters. The van der Waals surface area contributed by atoms with Crippen LogP contribution in [0.15, 0.2) is 0 Å². The zero-order valence-corrected chi connectivity index (χ0v) is 9.10. The van der Waals surface area contributed by atoms with Gasteiger partial charge >= 0.3 is 5.97 Å². The van der Waals surface area contributed by atoms with Crippen LogP contribution in [0.2, 0.25) is 0 Å². The van der Waals surface area contributed by atoms with Crippen LogP contribution in [-0.4, -0.2) is 22.1 Å². The number of hydrogen-bond acceptors (Lipinski definition) is 4. The standard InChI is InChI=1S/C9H14N2O2S/c1-3-6(10)4-7-11-5(2)8(14-7)9(12)13/h6H,3-4,10H2,1-2H3,(H,12,13). The summed E-state index contributed by atoms with van der Waals surface area (Å²) in [5, 5.41) is 9.62. The highest BCUT2D eigenvalue weighted by Crippen LogP contribution is 2.19. The van der Waals surface area contributed by atoms with Crippen LogP contribution in [0.1, 0.15) is 33.7 Å². The second-order valence-corrected chi connectivity index (χ2v) is 4.28. The van der Waals surface area contributed by atoms with Crippen molar-refractivity contribution in [3.8, 4) is 0 Å². The van der Waals surface area contributed by atoms with Gasteiger partial charge in [0.1, 0.15) is 4.88 Å². The third-order valence-electron chi connectivity index (χ3n) is 2.00. The predicted molar refractivity (Wildman–Crippen MR) is 55.8 cm³/mol. The van der Waals surface area contributed by atoms with Gasteiger partial charge in [0.15, 0.2) is 0 Å². The number of rotatable bonds is 4. The van der Waals surface area contributed by atoms with Crippen molar-refractivity contribution in [2.45, 2.75) is 32.7 Å². The minimum atomic E-state index is -0.906. The third kappa shape index (κ3) is 2.52. The molecule has 1 rings (SSSR count). The molecular weight excluding hydrogens is 200 g/mol. The van der Waals surface area contributed by atoms with Crippen molar-refractivity contribution in [1.82, 2.24) is 4.98 Å². The molecule has 0 aliphatic carbocycles. The van der Waals surface area contributed by atoms with Crippen LogP contribution in [0, 0.1) is 6.92 Å². The van der Waals surface area contributed by atoms with E-state index in [0.29, 0.717) is 17.0 Å². The normalized spacial score (nSPS) is 12.8. The van der Waals surface area contributed by atoms with Crippen LogP contribution in [0.25, 0.3) is 0 Å². The van der Waals surface area contributed by atoms with Crippen molar-refractivity contribution in [2.75, 3.05) is 0 Å². The van der Waals surface area contributed by atoms with Gasteiger partial charge in [-0.15, -0.1) is 11.3 Å². The van der Waals surface area contributed by atoms with Gasteiger partial charge in [-0.3, -0.25) is 0 Å². The summed E-state index contributed by atoms with van der Waals surface area (Å²) in [6.45, 7) is 3.71. The second-order valence-electron chi connectivity index (χ2n) is 3.20. The number of thiazole rings is 1. The van der Waals surface area contributed by atoms with Crippen molar-refractivity contribution < 1.29 is 9.90 Å². The van der Waals surface area contributed by atoms with E-state index in [-0.39, 0.29) is 6.04 Å². The van der Waals surface area contributed by atoms with Gasteiger partial charge < -0.3 is 10.8 Å². The minimum absolute atomic E-state index is 0.0715. The van der Waals surface area contributed by atoms with Crippen molar-refractivity contribution in [3.63, 3.8) is 0 Å². The van der Waals surface area contributed by atoms with E-state index >= 15 is 0 Å². The molecule has 0 aromatic carbocycles. The van der Waals surface area contributed by atoms with E-state index in [4.69, 9.17) is 10.8 Å².